The van der Waals surface area contributed by atoms with Crippen LogP contribution < -0.4 is 5.32 Å². The van der Waals surface area contributed by atoms with Crippen molar-refractivity contribution in [3.8, 4) is 0 Å². The van der Waals surface area contributed by atoms with Crippen molar-refractivity contribution in [1.82, 2.24) is 20.1 Å². The first kappa shape index (κ1) is 11.5. The molecule has 1 aliphatic rings. The Morgan fingerprint density at radius 1 is 1.38 bits per heavy atom. The van der Waals surface area contributed by atoms with Crippen molar-refractivity contribution in [2.75, 3.05) is 6.61 Å². The zero-order chi connectivity index (χ0) is 11.6. The van der Waals surface area contributed by atoms with E-state index in [1.165, 1.54) is 12.8 Å². The molecule has 0 atom stereocenters. The van der Waals surface area contributed by atoms with E-state index < -0.39 is 0 Å². The molecule has 0 aliphatic carbocycles. The predicted molar refractivity (Wildman–Crippen MR) is 61.0 cm³/mol. The number of nitrogens with one attached hydrogen (secondary N) is 1. The van der Waals surface area contributed by atoms with Crippen molar-refractivity contribution in [1.29, 1.82) is 0 Å². The van der Waals surface area contributed by atoms with Gasteiger partial charge in [0.2, 0.25) is 0 Å². The fraction of sp³-hybridized carbons (Fsp3) is 0.818. The lowest BCUT2D eigenvalue weighted by Gasteiger charge is -2.23. The van der Waals surface area contributed by atoms with Crippen molar-refractivity contribution in [3.63, 3.8) is 0 Å². The molecule has 0 aromatic carbocycles. The van der Waals surface area contributed by atoms with E-state index in [2.05, 4.69) is 20.1 Å². The van der Waals surface area contributed by atoms with Gasteiger partial charge in [0.15, 0.2) is 0 Å². The highest BCUT2D eigenvalue weighted by molar-refractivity contribution is 4.99. The molecular formula is C11H20N4O. The third-order valence-corrected chi connectivity index (χ3v) is 3.06. The molecule has 16 heavy (non-hydrogen) atoms. The smallest absolute Gasteiger partial charge is 0.147 e. The summed E-state index contributed by atoms with van der Waals surface area (Å²) in [4.78, 5) is 0. The second kappa shape index (κ2) is 4.51. The van der Waals surface area contributed by atoms with Gasteiger partial charge in [0.1, 0.15) is 11.6 Å². The zero-order valence-electron chi connectivity index (χ0n) is 10.0. The summed E-state index contributed by atoms with van der Waals surface area (Å²) in [6, 6.07) is 0. The first-order valence-electron chi connectivity index (χ1n) is 5.89. The van der Waals surface area contributed by atoms with Crippen molar-refractivity contribution >= 4 is 0 Å². The molecular weight excluding hydrogens is 204 g/mol. The Morgan fingerprint density at radius 2 is 2.19 bits per heavy atom. The van der Waals surface area contributed by atoms with E-state index >= 15 is 0 Å². The van der Waals surface area contributed by atoms with Gasteiger partial charge in [-0.15, -0.1) is 10.2 Å². The number of rotatable bonds is 4. The SMILES string of the molecule is CC(C)(CO)NCc1nnc2n1CCCC2. The van der Waals surface area contributed by atoms with Gasteiger partial charge in [0, 0.05) is 18.5 Å². The predicted octanol–water partition coefficient (Wildman–Crippen LogP) is 0.475. The van der Waals surface area contributed by atoms with Crippen LogP contribution in [-0.4, -0.2) is 32.0 Å². The highest BCUT2D eigenvalue weighted by Crippen LogP contribution is 2.14. The van der Waals surface area contributed by atoms with Crippen molar-refractivity contribution < 1.29 is 5.11 Å². The fourth-order valence-electron chi connectivity index (χ4n) is 1.87. The number of hydrogen-bond donors (Lipinski definition) is 2. The van der Waals surface area contributed by atoms with Gasteiger partial charge in [0.25, 0.3) is 0 Å². The topological polar surface area (TPSA) is 63.0 Å². The number of aryl methyl sites for hydroxylation is 1. The molecule has 0 radical (unpaired) electrons. The van der Waals surface area contributed by atoms with Crippen LogP contribution in [0.4, 0.5) is 0 Å². The molecule has 2 N–H and O–H groups in total. The molecule has 2 rings (SSSR count). The van der Waals surface area contributed by atoms with Crippen LogP contribution in [0.3, 0.4) is 0 Å². The van der Waals surface area contributed by atoms with Gasteiger partial charge in [-0.1, -0.05) is 0 Å². The van der Waals surface area contributed by atoms with Crippen molar-refractivity contribution in [2.45, 2.75) is 51.7 Å². The summed E-state index contributed by atoms with van der Waals surface area (Å²) >= 11 is 0. The highest BCUT2D eigenvalue weighted by Gasteiger charge is 2.19. The van der Waals surface area contributed by atoms with Gasteiger partial charge in [-0.05, 0) is 26.7 Å². The van der Waals surface area contributed by atoms with E-state index in [9.17, 15) is 0 Å². The monoisotopic (exact) mass is 224 g/mol. The molecule has 1 aromatic heterocycles. The average Bonchev–Trinajstić information content (AvgIpc) is 2.70. The molecule has 0 amide bonds. The van der Waals surface area contributed by atoms with Crippen LogP contribution in [0, 0.1) is 0 Å². The number of hydrogen-bond acceptors (Lipinski definition) is 4. The summed E-state index contributed by atoms with van der Waals surface area (Å²) in [6.45, 7) is 5.76. The molecule has 0 saturated heterocycles. The molecule has 0 spiro atoms. The number of aliphatic hydroxyl groups excluding tert-OH is 1. The van der Waals surface area contributed by atoms with Gasteiger partial charge < -0.3 is 15.0 Å². The van der Waals surface area contributed by atoms with Gasteiger partial charge >= 0.3 is 0 Å². The minimum Gasteiger partial charge on any atom is -0.394 e. The summed E-state index contributed by atoms with van der Waals surface area (Å²) in [6.07, 6.45) is 3.46. The zero-order valence-corrected chi connectivity index (χ0v) is 10.0. The van der Waals surface area contributed by atoms with Gasteiger partial charge in [-0.2, -0.15) is 0 Å². The Morgan fingerprint density at radius 3 is 2.94 bits per heavy atom. The van der Waals surface area contributed by atoms with Crippen LogP contribution in [0.2, 0.25) is 0 Å². The Labute approximate surface area is 95.9 Å². The van der Waals surface area contributed by atoms with E-state index in [1.807, 2.05) is 13.8 Å². The largest absolute Gasteiger partial charge is 0.394 e. The van der Waals surface area contributed by atoms with Crippen molar-refractivity contribution in [2.24, 2.45) is 0 Å². The number of aromatic nitrogens is 3. The van der Waals surface area contributed by atoms with Gasteiger partial charge in [-0.3, -0.25) is 0 Å². The standard InChI is InChI=1S/C11H20N4O/c1-11(2,8-16)12-7-10-14-13-9-5-3-4-6-15(9)10/h12,16H,3-8H2,1-2H3. The fourth-order valence-corrected chi connectivity index (χ4v) is 1.87. The first-order valence-corrected chi connectivity index (χ1v) is 5.89. The molecule has 0 unspecified atom stereocenters. The highest BCUT2D eigenvalue weighted by atomic mass is 16.3. The van der Waals surface area contributed by atoms with E-state index in [1.54, 1.807) is 0 Å². The summed E-state index contributed by atoms with van der Waals surface area (Å²) in [5, 5.41) is 20.8. The number of aliphatic hydroxyl groups is 1. The molecule has 90 valence electrons. The number of fused-ring (bicyclic) bond motifs is 1. The molecule has 0 saturated carbocycles. The molecule has 1 aliphatic heterocycles. The molecule has 1 aromatic rings. The Kier molecular flexibility index (Phi) is 3.25. The van der Waals surface area contributed by atoms with E-state index in [0.717, 1.165) is 24.6 Å². The van der Waals surface area contributed by atoms with Crippen molar-refractivity contribution in [3.05, 3.63) is 11.6 Å². The van der Waals surface area contributed by atoms with Crippen LogP contribution in [-0.2, 0) is 19.5 Å². The maximum atomic E-state index is 9.16. The maximum absolute atomic E-state index is 9.16. The Balaban J connectivity index is 2.02. The normalized spacial score (nSPS) is 16.2. The first-order chi connectivity index (χ1) is 7.62. The third-order valence-electron chi connectivity index (χ3n) is 3.06. The van der Waals surface area contributed by atoms with Crippen LogP contribution >= 0.6 is 0 Å². The van der Waals surface area contributed by atoms with Gasteiger partial charge in [0.05, 0.1) is 13.2 Å². The summed E-state index contributed by atoms with van der Waals surface area (Å²) in [5.41, 5.74) is -0.263. The lowest BCUT2D eigenvalue weighted by Crippen LogP contribution is -2.42. The molecule has 0 fully saturated rings. The molecule has 0 bridgehead atoms. The Hall–Kier alpha value is -0.940. The lowest BCUT2D eigenvalue weighted by atomic mass is 10.1. The summed E-state index contributed by atoms with van der Waals surface area (Å²) < 4.78 is 2.20. The van der Waals surface area contributed by atoms with E-state index in [0.29, 0.717) is 6.54 Å². The minimum absolute atomic E-state index is 0.119. The third kappa shape index (κ3) is 2.41. The maximum Gasteiger partial charge on any atom is 0.147 e. The summed E-state index contributed by atoms with van der Waals surface area (Å²) in [7, 11) is 0. The number of nitrogens with zero attached hydrogens (tertiary/aromatic N) is 3. The second-order valence-corrected chi connectivity index (χ2v) is 5.04. The van der Waals surface area contributed by atoms with E-state index in [-0.39, 0.29) is 12.1 Å². The molecule has 5 nitrogen and oxygen atoms in total. The van der Waals surface area contributed by atoms with Gasteiger partial charge in [-0.25, -0.2) is 0 Å². The molecule has 2 heterocycles. The molecule has 5 heteroatoms. The quantitative estimate of drug-likeness (QED) is 0.780. The second-order valence-electron chi connectivity index (χ2n) is 5.04. The van der Waals surface area contributed by atoms with Crippen LogP contribution in [0.1, 0.15) is 38.3 Å². The minimum atomic E-state index is -0.263. The van der Waals surface area contributed by atoms with Crippen LogP contribution in [0.25, 0.3) is 0 Å². The Bertz CT molecular complexity index is 359. The van der Waals surface area contributed by atoms with E-state index in [4.69, 9.17) is 5.11 Å². The van der Waals surface area contributed by atoms with Crippen LogP contribution in [0.5, 0.6) is 0 Å². The average molecular weight is 224 g/mol. The lowest BCUT2D eigenvalue weighted by molar-refractivity contribution is 0.186. The van der Waals surface area contributed by atoms with Crippen LogP contribution in [0.15, 0.2) is 0 Å². The summed E-state index contributed by atoms with van der Waals surface area (Å²) in [5.74, 6) is 2.08.